The number of pyridine rings is 1. The monoisotopic (exact) mass is 280 g/mol. The summed E-state index contributed by atoms with van der Waals surface area (Å²) in [7, 11) is 0. The normalized spacial score (nSPS) is 10.8. The molecule has 0 unspecified atom stereocenters. The van der Waals surface area contributed by atoms with Crippen LogP contribution in [0.4, 0.5) is 0 Å². The Morgan fingerprint density at radius 1 is 0.900 bits per heavy atom. The number of aromatic nitrogens is 2. The molecule has 0 amide bonds. The Kier molecular flexibility index (Phi) is 3.36. The second-order valence-electron chi connectivity index (χ2n) is 5.03. The Bertz CT molecular complexity index is 745. The van der Waals surface area contributed by atoms with Crippen LogP contribution in [0, 0.1) is 20.8 Å². The van der Waals surface area contributed by atoms with E-state index in [1.54, 1.807) is 23.7 Å². The standard InChI is InChI=1S/C17H16N2S/c1-11-8-13(3)15(9-12(11)2)16-10-20-17(19-16)14-4-6-18-7-5-14/h4-10H,1-3H3. The fourth-order valence-corrected chi connectivity index (χ4v) is 3.09. The molecule has 0 aliphatic rings. The van der Waals surface area contributed by atoms with Crippen LogP contribution in [0.2, 0.25) is 0 Å². The van der Waals surface area contributed by atoms with Crippen LogP contribution in [0.25, 0.3) is 21.8 Å². The Labute approximate surface area is 123 Å². The molecular weight excluding hydrogens is 264 g/mol. The summed E-state index contributed by atoms with van der Waals surface area (Å²) in [5.41, 5.74) is 7.32. The van der Waals surface area contributed by atoms with Gasteiger partial charge in [0.25, 0.3) is 0 Å². The van der Waals surface area contributed by atoms with E-state index in [1.165, 1.54) is 22.3 Å². The van der Waals surface area contributed by atoms with Crippen molar-refractivity contribution in [2.45, 2.75) is 20.8 Å². The SMILES string of the molecule is Cc1cc(C)c(-c2csc(-c3ccncc3)n2)cc1C. The molecule has 0 fully saturated rings. The van der Waals surface area contributed by atoms with E-state index in [0.717, 1.165) is 16.3 Å². The van der Waals surface area contributed by atoms with Gasteiger partial charge >= 0.3 is 0 Å². The molecular formula is C17H16N2S. The van der Waals surface area contributed by atoms with Crippen molar-refractivity contribution in [3.05, 3.63) is 58.7 Å². The molecule has 0 aliphatic carbocycles. The molecule has 0 saturated carbocycles. The highest BCUT2D eigenvalue weighted by molar-refractivity contribution is 7.13. The molecule has 2 aromatic heterocycles. The van der Waals surface area contributed by atoms with Crippen LogP contribution in [0.15, 0.2) is 42.0 Å². The number of aryl methyl sites for hydroxylation is 3. The van der Waals surface area contributed by atoms with Crippen molar-refractivity contribution in [3.63, 3.8) is 0 Å². The van der Waals surface area contributed by atoms with E-state index < -0.39 is 0 Å². The topological polar surface area (TPSA) is 25.8 Å². The van der Waals surface area contributed by atoms with Crippen molar-refractivity contribution in [2.75, 3.05) is 0 Å². The van der Waals surface area contributed by atoms with E-state index in [-0.39, 0.29) is 0 Å². The summed E-state index contributed by atoms with van der Waals surface area (Å²) in [6, 6.07) is 8.46. The lowest BCUT2D eigenvalue weighted by Crippen LogP contribution is -1.89. The van der Waals surface area contributed by atoms with Crippen molar-refractivity contribution < 1.29 is 0 Å². The molecule has 0 aliphatic heterocycles. The smallest absolute Gasteiger partial charge is 0.124 e. The molecule has 2 heterocycles. The first-order valence-electron chi connectivity index (χ1n) is 6.59. The van der Waals surface area contributed by atoms with Gasteiger partial charge < -0.3 is 0 Å². The third-order valence-corrected chi connectivity index (χ3v) is 4.44. The van der Waals surface area contributed by atoms with E-state index in [1.807, 2.05) is 12.1 Å². The lowest BCUT2D eigenvalue weighted by atomic mass is 9.99. The van der Waals surface area contributed by atoms with Crippen molar-refractivity contribution in [1.29, 1.82) is 0 Å². The van der Waals surface area contributed by atoms with Crippen molar-refractivity contribution >= 4 is 11.3 Å². The maximum absolute atomic E-state index is 4.77. The van der Waals surface area contributed by atoms with Gasteiger partial charge in [-0.15, -0.1) is 11.3 Å². The summed E-state index contributed by atoms with van der Waals surface area (Å²) >= 11 is 1.68. The highest BCUT2D eigenvalue weighted by atomic mass is 32.1. The van der Waals surface area contributed by atoms with Crippen LogP contribution in [0.3, 0.4) is 0 Å². The van der Waals surface area contributed by atoms with E-state index in [0.29, 0.717) is 0 Å². The zero-order valence-electron chi connectivity index (χ0n) is 11.8. The van der Waals surface area contributed by atoms with Gasteiger partial charge in [0, 0.05) is 28.9 Å². The van der Waals surface area contributed by atoms with Crippen LogP contribution >= 0.6 is 11.3 Å². The Morgan fingerprint density at radius 3 is 2.35 bits per heavy atom. The van der Waals surface area contributed by atoms with Crippen molar-refractivity contribution in [1.82, 2.24) is 9.97 Å². The maximum Gasteiger partial charge on any atom is 0.124 e. The van der Waals surface area contributed by atoms with Gasteiger partial charge in [-0.2, -0.15) is 0 Å². The summed E-state index contributed by atoms with van der Waals surface area (Å²) in [5.74, 6) is 0. The van der Waals surface area contributed by atoms with E-state index >= 15 is 0 Å². The summed E-state index contributed by atoms with van der Waals surface area (Å²) in [4.78, 5) is 8.82. The minimum atomic E-state index is 1.04. The molecule has 1 aromatic carbocycles. The summed E-state index contributed by atoms with van der Waals surface area (Å²) in [6.45, 7) is 6.44. The van der Waals surface area contributed by atoms with Crippen LogP contribution in [0.1, 0.15) is 16.7 Å². The average molecular weight is 280 g/mol. The second kappa shape index (κ2) is 5.17. The molecule has 0 saturated heterocycles. The first-order chi connectivity index (χ1) is 9.65. The number of benzene rings is 1. The maximum atomic E-state index is 4.77. The minimum absolute atomic E-state index is 1.04. The zero-order valence-corrected chi connectivity index (χ0v) is 12.7. The molecule has 0 radical (unpaired) electrons. The van der Waals surface area contributed by atoms with Crippen LogP contribution < -0.4 is 0 Å². The summed E-state index contributed by atoms with van der Waals surface area (Å²) in [6.07, 6.45) is 3.61. The number of rotatable bonds is 2. The Hall–Kier alpha value is -2.00. The second-order valence-corrected chi connectivity index (χ2v) is 5.88. The van der Waals surface area contributed by atoms with Gasteiger partial charge in [-0.25, -0.2) is 4.98 Å². The number of hydrogen-bond acceptors (Lipinski definition) is 3. The zero-order chi connectivity index (χ0) is 14.1. The van der Waals surface area contributed by atoms with Crippen LogP contribution in [-0.2, 0) is 0 Å². The lowest BCUT2D eigenvalue weighted by molar-refractivity contribution is 1.28. The van der Waals surface area contributed by atoms with Gasteiger partial charge in [0.2, 0.25) is 0 Å². The fraction of sp³-hybridized carbons (Fsp3) is 0.176. The summed E-state index contributed by atoms with van der Waals surface area (Å²) < 4.78 is 0. The van der Waals surface area contributed by atoms with Gasteiger partial charge in [-0.1, -0.05) is 6.07 Å². The third-order valence-electron chi connectivity index (χ3n) is 3.55. The highest BCUT2D eigenvalue weighted by Gasteiger charge is 2.10. The third kappa shape index (κ3) is 2.37. The molecule has 0 atom stereocenters. The van der Waals surface area contributed by atoms with Crippen LogP contribution in [0.5, 0.6) is 0 Å². The largest absolute Gasteiger partial charge is 0.265 e. The quantitative estimate of drug-likeness (QED) is 0.674. The van der Waals surface area contributed by atoms with Crippen molar-refractivity contribution in [2.24, 2.45) is 0 Å². The highest BCUT2D eigenvalue weighted by Crippen LogP contribution is 2.31. The van der Waals surface area contributed by atoms with E-state index in [4.69, 9.17) is 4.98 Å². The van der Waals surface area contributed by atoms with E-state index in [9.17, 15) is 0 Å². The van der Waals surface area contributed by atoms with Gasteiger partial charge in [0.15, 0.2) is 0 Å². The molecule has 0 bridgehead atoms. The number of nitrogens with zero attached hydrogens (tertiary/aromatic N) is 2. The molecule has 3 heteroatoms. The molecule has 3 rings (SSSR count). The molecule has 2 nitrogen and oxygen atoms in total. The predicted molar refractivity (Wildman–Crippen MR) is 85.0 cm³/mol. The molecule has 20 heavy (non-hydrogen) atoms. The Balaban J connectivity index is 2.05. The molecule has 100 valence electrons. The molecule has 3 aromatic rings. The van der Waals surface area contributed by atoms with Crippen molar-refractivity contribution in [3.8, 4) is 21.8 Å². The average Bonchev–Trinajstić information content (AvgIpc) is 2.93. The van der Waals surface area contributed by atoms with E-state index in [2.05, 4.69) is 43.3 Å². The predicted octanol–water partition coefficient (Wildman–Crippen LogP) is 4.80. The number of hydrogen-bond donors (Lipinski definition) is 0. The molecule has 0 spiro atoms. The summed E-state index contributed by atoms with van der Waals surface area (Å²) in [5, 5.41) is 3.17. The molecule has 0 N–H and O–H groups in total. The first-order valence-corrected chi connectivity index (χ1v) is 7.47. The fourth-order valence-electron chi connectivity index (χ4n) is 2.26. The van der Waals surface area contributed by atoms with Gasteiger partial charge in [0.05, 0.1) is 5.69 Å². The van der Waals surface area contributed by atoms with Crippen LogP contribution in [-0.4, -0.2) is 9.97 Å². The first kappa shape index (κ1) is 13.0. The minimum Gasteiger partial charge on any atom is -0.265 e. The Morgan fingerprint density at radius 2 is 1.60 bits per heavy atom. The number of thiazole rings is 1. The van der Waals surface area contributed by atoms with Gasteiger partial charge in [0.1, 0.15) is 5.01 Å². The van der Waals surface area contributed by atoms with Gasteiger partial charge in [-0.3, -0.25) is 4.98 Å². The van der Waals surface area contributed by atoms with Gasteiger partial charge in [-0.05, 0) is 55.7 Å². The lowest BCUT2D eigenvalue weighted by Gasteiger charge is -2.07.